The van der Waals surface area contributed by atoms with Crippen molar-refractivity contribution in [2.24, 2.45) is 29.6 Å². The number of carbonyl (C=O) groups is 4. The number of hydrogen-bond acceptors (Lipinski definition) is 5. The number of likely N-dealkylation sites (tertiary alicyclic amines) is 2. The van der Waals surface area contributed by atoms with Crippen LogP contribution in [-0.4, -0.2) is 49.6 Å². The van der Waals surface area contributed by atoms with Gasteiger partial charge in [-0.05, 0) is 78.5 Å². The minimum absolute atomic E-state index is 0.00794. The monoisotopic (exact) mass is 512 g/mol. The molecule has 1 saturated carbocycles. The van der Waals surface area contributed by atoms with E-state index in [-0.39, 0.29) is 35.3 Å². The topological polar surface area (TPSA) is 95.0 Å². The Bertz CT molecular complexity index is 1220. The van der Waals surface area contributed by atoms with E-state index in [0.717, 1.165) is 5.57 Å². The highest BCUT2D eigenvalue weighted by atomic mass is 35.5. The van der Waals surface area contributed by atoms with Gasteiger partial charge < -0.3 is 5.11 Å². The molecule has 2 aliphatic heterocycles. The van der Waals surface area contributed by atoms with Crippen molar-refractivity contribution in [3.8, 4) is 5.75 Å². The number of imide groups is 2. The zero-order valence-electron chi connectivity index (χ0n) is 21.5. The zero-order chi connectivity index (χ0) is 26.5. The molecule has 2 aliphatic carbocycles. The van der Waals surface area contributed by atoms with E-state index in [1.165, 1.54) is 15.9 Å². The summed E-state index contributed by atoms with van der Waals surface area (Å²) in [4.78, 5) is 57.3. The number of allylic oxidation sites excluding steroid dienone is 2. The molecule has 2 saturated heterocycles. The summed E-state index contributed by atoms with van der Waals surface area (Å²) in [6.07, 6.45) is 2.68. The van der Waals surface area contributed by atoms with Gasteiger partial charge in [-0.25, -0.2) is 0 Å². The molecule has 0 bridgehead atoms. The highest BCUT2D eigenvalue weighted by molar-refractivity contribution is 6.30. The van der Waals surface area contributed by atoms with E-state index in [9.17, 15) is 24.3 Å². The molecule has 1 aromatic rings. The third kappa shape index (κ3) is 3.46. The number of nitrogens with zero attached hydrogens (tertiary/aromatic N) is 2. The Morgan fingerprint density at radius 1 is 0.806 bits per heavy atom. The van der Waals surface area contributed by atoms with Gasteiger partial charge in [-0.2, -0.15) is 0 Å². The van der Waals surface area contributed by atoms with Crippen LogP contribution in [0, 0.1) is 29.6 Å². The Labute approximate surface area is 216 Å². The summed E-state index contributed by atoms with van der Waals surface area (Å²) in [5.41, 5.74) is -0.0380. The summed E-state index contributed by atoms with van der Waals surface area (Å²) in [5, 5.41) is 11.3. The van der Waals surface area contributed by atoms with Gasteiger partial charge >= 0.3 is 0 Å². The highest BCUT2D eigenvalue weighted by Gasteiger charge is 2.63. The van der Waals surface area contributed by atoms with E-state index in [4.69, 9.17) is 11.6 Å². The number of benzene rings is 1. The van der Waals surface area contributed by atoms with Crippen LogP contribution in [-0.2, 0) is 19.2 Å². The lowest BCUT2D eigenvalue weighted by Gasteiger charge is -2.44. The molecule has 0 radical (unpaired) electrons. The normalized spacial score (nSPS) is 32.5. The third-order valence-corrected chi connectivity index (χ3v) is 8.55. The fraction of sp³-hybridized carbons (Fsp3) is 0.571. The van der Waals surface area contributed by atoms with E-state index >= 15 is 0 Å². The smallest absolute Gasteiger partial charge is 0.234 e. The number of amides is 4. The molecule has 4 amide bonds. The van der Waals surface area contributed by atoms with Crippen LogP contribution in [0.5, 0.6) is 5.75 Å². The standard InChI is InChI=1S/C28H33ClN2O5/c1-27(2,3)30-23(33)15-9-8-14-16(21(15)25(30)35)12-18-22(26(36)31(24(18)34)28(4,5)6)20(14)17-11-13(29)7-10-19(17)32/h7-8,10-11,15-16,18,20-22,32H,9,12H2,1-6H3/t15-,16+,18+,20+,21-,22+/m0/s1. The molecule has 4 aliphatic rings. The molecular weight excluding hydrogens is 480 g/mol. The Kier molecular flexibility index (Phi) is 5.49. The number of phenols is 1. The van der Waals surface area contributed by atoms with E-state index in [0.29, 0.717) is 23.4 Å². The Hall–Kier alpha value is -2.67. The van der Waals surface area contributed by atoms with Crippen molar-refractivity contribution in [3.63, 3.8) is 0 Å². The number of rotatable bonds is 1. The molecule has 0 unspecified atom stereocenters. The summed E-state index contributed by atoms with van der Waals surface area (Å²) in [7, 11) is 0. The van der Waals surface area contributed by atoms with Crippen LogP contribution in [0.2, 0.25) is 5.02 Å². The lowest BCUT2D eigenvalue weighted by Crippen LogP contribution is -2.47. The molecule has 7 nitrogen and oxygen atoms in total. The molecule has 3 fully saturated rings. The zero-order valence-corrected chi connectivity index (χ0v) is 22.3. The number of phenolic OH excluding ortho intramolecular Hbond substituents is 1. The van der Waals surface area contributed by atoms with Crippen LogP contribution < -0.4 is 0 Å². The average Bonchev–Trinajstić information content (AvgIpc) is 3.17. The number of hydrogen-bond donors (Lipinski definition) is 1. The quantitative estimate of drug-likeness (QED) is 0.447. The van der Waals surface area contributed by atoms with Crippen molar-refractivity contribution in [1.82, 2.24) is 9.80 Å². The van der Waals surface area contributed by atoms with Crippen LogP contribution >= 0.6 is 11.6 Å². The second-order valence-electron chi connectivity index (χ2n) is 12.6. The predicted octanol–water partition coefficient (Wildman–Crippen LogP) is 4.28. The molecule has 5 rings (SSSR count). The van der Waals surface area contributed by atoms with Gasteiger partial charge in [-0.1, -0.05) is 23.3 Å². The fourth-order valence-corrected chi connectivity index (χ4v) is 7.21. The number of fused-ring (bicyclic) bond motifs is 4. The Balaban J connectivity index is 1.68. The molecule has 1 N–H and O–H groups in total. The van der Waals surface area contributed by atoms with Crippen molar-refractivity contribution < 1.29 is 24.3 Å². The summed E-state index contributed by atoms with van der Waals surface area (Å²) in [5.74, 6) is -4.34. The van der Waals surface area contributed by atoms with Crippen LogP contribution in [0.1, 0.15) is 65.9 Å². The van der Waals surface area contributed by atoms with E-state index in [1.807, 2.05) is 47.6 Å². The van der Waals surface area contributed by atoms with Gasteiger partial charge in [0.05, 0.1) is 23.7 Å². The van der Waals surface area contributed by atoms with Gasteiger partial charge in [0.15, 0.2) is 0 Å². The van der Waals surface area contributed by atoms with Gasteiger partial charge in [0.25, 0.3) is 0 Å². The first-order valence-electron chi connectivity index (χ1n) is 12.6. The summed E-state index contributed by atoms with van der Waals surface area (Å²) in [6, 6.07) is 4.72. The molecule has 36 heavy (non-hydrogen) atoms. The SMILES string of the molecule is CC(C)(C)N1C(=O)[C@H]2[C@H](CC=C3[C@H]2C[C@H]2C(=O)N(C(C)(C)C)C(=O)[C@H]2[C@H]3c2cc(Cl)ccc2O)C1=O. The molecule has 8 heteroatoms. The number of halogens is 1. The number of aromatic hydroxyl groups is 1. The number of carbonyl (C=O) groups excluding carboxylic acids is 4. The predicted molar refractivity (Wildman–Crippen MR) is 134 cm³/mol. The molecule has 0 spiro atoms. The van der Waals surface area contributed by atoms with E-state index in [1.54, 1.807) is 12.1 Å². The van der Waals surface area contributed by atoms with Crippen molar-refractivity contribution in [3.05, 3.63) is 40.4 Å². The van der Waals surface area contributed by atoms with Crippen molar-refractivity contribution in [2.45, 2.75) is 71.4 Å². The van der Waals surface area contributed by atoms with Crippen molar-refractivity contribution in [2.75, 3.05) is 0 Å². The highest BCUT2D eigenvalue weighted by Crippen LogP contribution is 2.59. The Morgan fingerprint density at radius 2 is 1.36 bits per heavy atom. The second-order valence-corrected chi connectivity index (χ2v) is 13.0. The minimum atomic E-state index is -0.712. The third-order valence-electron chi connectivity index (χ3n) is 8.31. The molecular formula is C28H33ClN2O5. The van der Waals surface area contributed by atoms with E-state index < -0.39 is 40.7 Å². The first kappa shape index (κ1) is 25.0. The summed E-state index contributed by atoms with van der Waals surface area (Å²) in [6.45, 7) is 11.0. The van der Waals surface area contributed by atoms with Crippen LogP contribution in [0.3, 0.4) is 0 Å². The maximum absolute atomic E-state index is 13.8. The fourth-order valence-electron chi connectivity index (χ4n) is 7.03. The van der Waals surface area contributed by atoms with Gasteiger partial charge in [-0.3, -0.25) is 29.0 Å². The molecule has 0 aromatic heterocycles. The average molecular weight is 513 g/mol. The molecule has 192 valence electrons. The van der Waals surface area contributed by atoms with Crippen LogP contribution in [0.25, 0.3) is 0 Å². The first-order valence-corrected chi connectivity index (χ1v) is 13.0. The van der Waals surface area contributed by atoms with Crippen molar-refractivity contribution in [1.29, 1.82) is 0 Å². The van der Waals surface area contributed by atoms with Gasteiger partial charge in [0, 0.05) is 27.6 Å². The minimum Gasteiger partial charge on any atom is -0.508 e. The summed E-state index contributed by atoms with van der Waals surface area (Å²) < 4.78 is 0. The van der Waals surface area contributed by atoms with Crippen LogP contribution in [0.15, 0.2) is 29.8 Å². The van der Waals surface area contributed by atoms with Crippen molar-refractivity contribution >= 4 is 35.2 Å². The lowest BCUT2D eigenvalue weighted by molar-refractivity contribution is -0.147. The van der Waals surface area contributed by atoms with E-state index in [2.05, 4.69) is 0 Å². The first-order chi connectivity index (χ1) is 16.6. The van der Waals surface area contributed by atoms with Gasteiger partial charge in [0.1, 0.15) is 5.75 Å². The molecule has 2 heterocycles. The van der Waals surface area contributed by atoms with Crippen LogP contribution in [0.4, 0.5) is 0 Å². The maximum atomic E-state index is 13.8. The molecule has 1 aromatic carbocycles. The Morgan fingerprint density at radius 3 is 1.94 bits per heavy atom. The maximum Gasteiger partial charge on any atom is 0.234 e. The van der Waals surface area contributed by atoms with Gasteiger partial charge in [0.2, 0.25) is 23.6 Å². The lowest BCUT2D eigenvalue weighted by atomic mass is 9.57. The summed E-state index contributed by atoms with van der Waals surface area (Å²) >= 11 is 6.32. The second kappa shape index (κ2) is 7.91. The van der Waals surface area contributed by atoms with Gasteiger partial charge in [-0.15, -0.1) is 0 Å². The largest absolute Gasteiger partial charge is 0.508 e. The molecule has 6 atom stereocenters.